The topological polar surface area (TPSA) is 61.4 Å². The predicted octanol–water partition coefficient (Wildman–Crippen LogP) is 3.74. The third-order valence-corrected chi connectivity index (χ3v) is 5.66. The number of aryl methyl sites for hydroxylation is 2. The highest BCUT2D eigenvalue weighted by Crippen LogP contribution is 2.36. The van der Waals surface area contributed by atoms with Crippen molar-refractivity contribution in [3.8, 4) is 0 Å². The number of fused-ring (bicyclic) bond motifs is 1. The number of hydrogen-bond donors (Lipinski definition) is 2. The molecule has 2 aliphatic heterocycles. The lowest BCUT2D eigenvalue weighted by Gasteiger charge is -2.46. The Morgan fingerprint density at radius 3 is 2.41 bits per heavy atom. The zero-order valence-corrected chi connectivity index (χ0v) is 16.2. The van der Waals surface area contributed by atoms with Gasteiger partial charge in [-0.1, -0.05) is 34.9 Å². The number of hydrogen-bond acceptors (Lipinski definition) is 3. The van der Waals surface area contributed by atoms with Crippen LogP contribution in [0, 0.1) is 13.8 Å². The number of carbonyl (C=O) groups is 2. The normalized spacial score (nSPS) is 17.9. The van der Waals surface area contributed by atoms with Crippen LogP contribution in [0.15, 0.2) is 36.4 Å². The molecule has 2 aromatic carbocycles. The summed E-state index contributed by atoms with van der Waals surface area (Å²) in [5.41, 5.74) is 3.56. The first-order valence-corrected chi connectivity index (χ1v) is 9.51. The van der Waals surface area contributed by atoms with Crippen LogP contribution in [0.4, 0.5) is 5.69 Å². The van der Waals surface area contributed by atoms with E-state index in [1.54, 1.807) is 18.2 Å². The van der Waals surface area contributed by atoms with Crippen LogP contribution in [0.2, 0.25) is 5.02 Å². The maximum Gasteiger partial charge on any atom is 0.255 e. The third-order valence-electron chi connectivity index (χ3n) is 5.35. The van der Waals surface area contributed by atoms with E-state index in [-0.39, 0.29) is 11.8 Å². The van der Waals surface area contributed by atoms with E-state index in [9.17, 15) is 9.59 Å². The first-order valence-electron chi connectivity index (χ1n) is 9.14. The zero-order valence-electron chi connectivity index (χ0n) is 15.4. The summed E-state index contributed by atoms with van der Waals surface area (Å²) >= 11 is 6.29. The number of piperidine rings is 1. The molecule has 0 aromatic heterocycles. The third kappa shape index (κ3) is 3.28. The fourth-order valence-electron chi connectivity index (χ4n) is 4.02. The number of anilines is 1. The molecule has 27 heavy (non-hydrogen) atoms. The molecule has 2 N–H and O–H groups in total. The second-order valence-corrected chi connectivity index (χ2v) is 7.90. The predicted molar refractivity (Wildman–Crippen MR) is 106 cm³/mol. The number of halogens is 1. The second-order valence-electron chi connectivity index (χ2n) is 7.49. The van der Waals surface area contributed by atoms with E-state index in [1.165, 1.54) is 0 Å². The number of nitrogens with zero attached hydrogens (tertiary/aromatic N) is 1. The Morgan fingerprint density at radius 2 is 1.74 bits per heavy atom. The molecule has 1 fully saturated rings. The zero-order chi connectivity index (χ0) is 19.2. The van der Waals surface area contributed by atoms with Crippen LogP contribution in [0.5, 0.6) is 0 Å². The molecule has 0 radical (unpaired) electrons. The largest absolute Gasteiger partial charge is 0.361 e. The van der Waals surface area contributed by atoms with Crippen LogP contribution in [0.25, 0.3) is 0 Å². The number of rotatable bonds is 1. The van der Waals surface area contributed by atoms with Crippen molar-refractivity contribution in [1.82, 2.24) is 10.2 Å². The van der Waals surface area contributed by atoms with Gasteiger partial charge in [-0.15, -0.1) is 0 Å². The molecule has 0 unspecified atom stereocenters. The quantitative estimate of drug-likeness (QED) is 0.788. The average Bonchev–Trinajstić information content (AvgIpc) is 2.62. The minimum absolute atomic E-state index is 0.0391. The van der Waals surface area contributed by atoms with Crippen molar-refractivity contribution in [3.05, 3.63) is 63.7 Å². The van der Waals surface area contributed by atoms with Crippen molar-refractivity contribution in [2.45, 2.75) is 32.4 Å². The van der Waals surface area contributed by atoms with Gasteiger partial charge in [0.2, 0.25) is 0 Å². The number of amides is 2. The van der Waals surface area contributed by atoms with Crippen LogP contribution >= 0.6 is 11.6 Å². The van der Waals surface area contributed by atoms with Gasteiger partial charge in [0.15, 0.2) is 0 Å². The van der Waals surface area contributed by atoms with Crippen LogP contribution in [-0.2, 0) is 0 Å². The van der Waals surface area contributed by atoms with E-state index >= 15 is 0 Å². The highest BCUT2D eigenvalue weighted by Gasteiger charge is 2.41. The summed E-state index contributed by atoms with van der Waals surface area (Å²) in [5.74, 6) is -0.0856. The molecular weight excluding hydrogens is 362 g/mol. The average molecular weight is 384 g/mol. The molecule has 2 amide bonds. The van der Waals surface area contributed by atoms with Gasteiger partial charge < -0.3 is 15.5 Å². The van der Waals surface area contributed by atoms with Crippen LogP contribution in [0.3, 0.4) is 0 Å². The first kappa shape index (κ1) is 17.9. The minimum Gasteiger partial charge on any atom is -0.361 e. The molecule has 2 aliphatic rings. The summed E-state index contributed by atoms with van der Waals surface area (Å²) in [6.45, 7) is 5.13. The molecule has 140 valence electrons. The standard InChI is InChI=1S/C21H22ClN3O2/c1-13-10-14(2)12-15(11-13)20(27)25-8-6-21(7-9-25)23-18-16(19(26)24-21)4-3-5-17(18)22/h3-5,10-12,23H,6-9H2,1-2H3,(H,24,26). The molecule has 6 heteroatoms. The number of para-hydroxylation sites is 1. The number of carbonyl (C=O) groups excluding carboxylic acids is 2. The van der Waals surface area contributed by atoms with Crippen molar-refractivity contribution in [3.63, 3.8) is 0 Å². The van der Waals surface area contributed by atoms with Crippen LogP contribution in [-0.4, -0.2) is 35.5 Å². The van der Waals surface area contributed by atoms with Crippen molar-refractivity contribution in [1.29, 1.82) is 0 Å². The maximum absolute atomic E-state index is 12.9. The van der Waals surface area contributed by atoms with Crippen LogP contribution < -0.4 is 10.6 Å². The van der Waals surface area contributed by atoms with Gasteiger partial charge in [-0.25, -0.2) is 0 Å². The van der Waals surface area contributed by atoms with E-state index in [0.29, 0.717) is 42.2 Å². The van der Waals surface area contributed by atoms with E-state index < -0.39 is 5.66 Å². The van der Waals surface area contributed by atoms with Gasteiger partial charge >= 0.3 is 0 Å². The fraction of sp³-hybridized carbons (Fsp3) is 0.333. The molecule has 0 atom stereocenters. The Bertz CT molecular complexity index is 913. The summed E-state index contributed by atoms with van der Waals surface area (Å²) < 4.78 is 0. The molecular formula is C21H22ClN3O2. The van der Waals surface area contributed by atoms with Gasteiger partial charge in [0.1, 0.15) is 5.66 Å². The van der Waals surface area contributed by atoms with Crippen molar-refractivity contribution < 1.29 is 9.59 Å². The summed E-state index contributed by atoms with van der Waals surface area (Å²) in [7, 11) is 0. The van der Waals surface area contributed by atoms with E-state index in [2.05, 4.69) is 16.7 Å². The van der Waals surface area contributed by atoms with Crippen molar-refractivity contribution >= 4 is 29.1 Å². The van der Waals surface area contributed by atoms with Gasteiger partial charge in [0.05, 0.1) is 16.3 Å². The van der Waals surface area contributed by atoms with Gasteiger partial charge in [0.25, 0.3) is 11.8 Å². The summed E-state index contributed by atoms with van der Waals surface area (Å²) in [4.78, 5) is 27.3. The number of nitrogens with one attached hydrogen (secondary N) is 2. The maximum atomic E-state index is 12.9. The van der Waals surface area contributed by atoms with E-state index in [0.717, 1.165) is 16.7 Å². The molecule has 5 nitrogen and oxygen atoms in total. The minimum atomic E-state index is -0.561. The lowest BCUT2D eigenvalue weighted by Crippen LogP contribution is -2.62. The van der Waals surface area contributed by atoms with Crippen LogP contribution in [0.1, 0.15) is 44.7 Å². The van der Waals surface area contributed by atoms with E-state index in [1.807, 2.05) is 30.9 Å². The second kappa shape index (κ2) is 6.57. The Balaban J connectivity index is 1.51. The van der Waals surface area contributed by atoms with Gasteiger partial charge in [-0.3, -0.25) is 9.59 Å². The Morgan fingerprint density at radius 1 is 1.07 bits per heavy atom. The van der Waals surface area contributed by atoms with E-state index in [4.69, 9.17) is 11.6 Å². The SMILES string of the molecule is Cc1cc(C)cc(C(=O)N2CCC3(CC2)NC(=O)c2cccc(Cl)c2N3)c1. The number of benzene rings is 2. The molecule has 0 saturated carbocycles. The molecule has 4 rings (SSSR count). The van der Waals surface area contributed by atoms with Gasteiger partial charge in [-0.2, -0.15) is 0 Å². The fourth-order valence-corrected chi connectivity index (χ4v) is 4.24. The van der Waals surface area contributed by atoms with Crippen molar-refractivity contribution in [2.24, 2.45) is 0 Å². The lowest BCUT2D eigenvalue weighted by molar-refractivity contribution is 0.0639. The molecule has 0 aliphatic carbocycles. The lowest BCUT2D eigenvalue weighted by atomic mass is 9.92. The summed E-state index contributed by atoms with van der Waals surface area (Å²) in [6, 6.07) is 11.2. The highest BCUT2D eigenvalue weighted by atomic mass is 35.5. The van der Waals surface area contributed by atoms with Gasteiger partial charge in [0, 0.05) is 31.5 Å². The molecule has 1 spiro atoms. The van der Waals surface area contributed by atoms with Gasteiger partial charge in [-0.05, 0) is 38.1 Å². The molecule has 0 bridgehead atoms. The molecule has 1 saturated heterocycles. The highest BCUT2D eigenvalue weighted by molar-refractivity contribution is 6.34. The summed E-state index contributed by atoms with van der Waals surface area (Å²) in [6.07, 6.45) is 1.25. The first-order chi connectivity index (χ1) is 12.9. The Kier molecular flexibility index (Phi) is 4.35. The molecule has 2 heterocycles. The smallest absolute Gasteiger partial charge is 0.255 e. The monoisotopic (exact) mass is 383 g/mol. The Labute approximate surface area is 163 Å². The molecule has 2 aromatic rings. The van der Waals surface area contributed by atoms with Crippen molar-refractivity contribution in [2.75, 3.05) is 18.4 Å². The summed E-state index contributed by atoms with van der Waals surface area (Å²) in [5, 5.41) is 7.05. The number of likely N-dealkylation sites (tertiary alicyclic amines) is 1. The Hall–Kier alpha value is -2.53.